The van der Waals surface area contributed by atoms with E-state index in [4.69, 9.17) is 9.84 Å². The third-order valence-corrected chi connectivity index (χ3v) is 2.37. The van der Waals surface area contributed by atoms with Crippen molar-refractivity contribution in [3.05, 3.63) is 47.5 Å². The van der Waals surface area contributed by atoms with E-state index in [0.717, 1.165) is 16.9 Å². The van der Waals surface area contributed by atoms with Gasteiger partial charge in [-0.05, 0) is 12.1 Å². The lowest BCUT2D eigenvalue weighted by atomic mass is 10.2. The lowest BCUT2D eigenvalue weighted by Gasteiger charge is -2.05. The Labute approximate surface area is 107 Å². The van der Waals surface area contributed by atoms with E-state index in [2.05, 4.69) is 5.10 Å². The molecule has 2 rings (SSSR count). The molecule has 2 aromatic rings. The summed E-state index contributed by atoms with van der Waals surface area (Å²) in [7, 11) is 1.41. The number of carbonyl (C=O) groups is 2. The molecule has 1 aromatic carbocycles. The molecule has 0 unspecified atom stereocenters. The quantitative estimate of drug-likeness (QED) is 0.670. The number of nitrogens with zero attached hydrogens (tertiary/aromatic N) is 2. The van der Waals surface area contributed by atoms with Crippen LogP contribution in [-0.2, 0) is 7.05 Å². The molecule has 0 amide bonds. The molecule has 0 radical (unpaired) electrons. The highest BCUT2D eigenvalue weighted by Crippen LogP contribution is 2.16. The third-order valence-electron chi connectivity index (χ3n) is 2.37. The van der Waals surface area contributed by atoms with E-state index in [1.807, 2.05) is 0 Å². The SMILES string of the molecule is Cn1ncc(C(=O)O)c1C(=O)Oc1cccc(F)c1. The van der Waals surface area contributed by atoms with Gasteiger partial charge in [0.1, 0.15) is 17.1 Å². The number of carboxylic acids is 1. The lowest BCUT2D eigenvalue weighted by Crippen LogP contribution is -2.17. The van der Waals surface area contributed by atoms with Crippen molar-refractivity contribution in [2.45, 2.75) is 0 Å². The van der Waals surface area contributed by atoms with Gasteiger partial charge in [-0.25, -0.2) is 14.0 Å². The maximum absolute atomic E-state index is 12.9. The number of aryl methyl sites for hydroxylation is 1. The molecule has 0 spiro atoms. The van der Waals surface area contributed by atoms with Gasteiger partial charge in [-0.15, -0.1) is 0 Å². The second kappa shape index (κ2) is 4.89. The Balaban J connectivity index is 2.30. The van der Waals surface area contributed by atoms with Crippen molar-refractivity contribution in [2.75, 3.05) is 0 Å². The first-order valence-corrected chi connectivity index (χ1v) is 5.22. The van der Waals surface area contributed by atoms with Crippen molar-refractivity contribution in [3.63, 3.8) is 0 Å². The average molecular weight is 264 g/mol. The van der Waals surface area contributed by atoms with Crippen LogP contribution in [0.25, 0.3) is 0 Å². The van der Waals surface area contributed by atoms with Crippen LogP contribution in [0.3, 0.4) is 0 Å². The molecule has 0 bridgehead atoms. The van der Waals surface area contributed by atoms with Crippen molar-refractivity contribution in [1.29, 1.82) is 0 Å². The monoisotopic (exact) mass is 264 g/mol. The molecule has 1 heterocycles. The van der Waals surface area contributed by atoms with Crippen molar-refractivity contribution in [1.82, 2.24) is 9.78 Å². The number of carbonyl (C=O) groups excluding carboxylic acids is 1. The molecule has 0 fully saturated rings. The number of ether oxygens (including phenoxy) is 1. The van der Waals surface area contributed by atoms with Gasteiger partial charge in [-0.2, -0.15) is 5.10 Å². The highest BCUT2D eigenvalue weighted by Gasteiger charge is 2.23. The first kappa shape index (κ1) is 12.7. The fourth-order valence-corrected chi connectivity index (χ4v) is 1.52. The number of esters is 1. The fourth-order valence-electron chi connectivity index (χ4n) is 1.52. The van der Waals surface area contributed by atoms with Crippen LogP contribution in [0.1, 0.15) is 20.8 Å². The van der Waals surface area contributed by atoms with Crippen molar-refractivity contribution < 1.29 is 23.8 Å². The minimum Gasteiger partial charge on any atom is -0.478 e. The number of hydrogen-bond donors (Lipinski definition) is 1. The van der Waals surface area contributed by atoms with Crippen LogP contribution in [-0.4, -0.2) is 26.8 Å². The first-order valence-electron chi connectivity index (χ1n) is 5.22. The van der Waals surface area contributed by atoms with Crippen LogP contribution < -0.4 is 4.74 Å². The minimum atomic E-state index is -1.29. The van der Waals surface area contributed by atoms with Gasteiger partial charge < -0.3 is 9.84 Å². The maximum Gasteiger partial charge on any atom is 0.362 e. The van der Waals surface area contributed by atoms with Gasteiger partial charge in [0.2, 0.25) is 0 Å². The molecule has 19 heavy (non-hydrogen) atoms. The lowest BCUT2D eigenvalue weighted by molar-refractivity contribution is 0.0663. The third kappa shape index (κ3) is 2.59. The van der Waals surface area contributed by atoms with Gasteiger partial charge in [0.25, 0.3) is 0 Å². The zero-order valence-corrected chi connectivity index (χ0v) is 9.83. The highest BCUT2D eigenvalue weighted by atomic mass is 19.1. The second-order valence-corrected chi connectivity index (χ2v) is 3.68. The summed E-state index contributed by atoms with van der Waals surface area (Å²) in [6.45, 7) is 0. The minimum absolute atomic E-state index is 0.0115. The molecule has 0 aliphatic rings. The number of aromatic carboxylic acids is 1. The summed E-state index contributed by atoms with van der Waals surface area (Å²) >= 11 is 0. The molecule has 0 saturated heterocycles. The number of benzene rings is 1. The summed E-state index contributed by atoms with van der Waals surface area (Å²) < 4.78 is 18.9. The zero-order valence-electron chi connectivity index (χ0n) is 9.83. The largest absolute Gasteiger partial charge is 0.478 e. The molecule has 0 saturated carbocycles. The summed E-state index contributed by atoms with van der Waals surface area (Å²) in [5, 5.41) is 12.6. The Kier molecular flexibility index (Phi) is 3.28. The molecule has 7 heteroatoms. The topological polar surface area (TPSA) is 81.4 Å². The molecule has 0 atom stereocenters. The zero-order chi connectivity index (χ0) is 14.0. The van der Waals surface area contributed by atoms with E-state index >= 15 is 0 Å². The van der Waals surface area contributed by atoms with Crippen molar-refractivity contribution >= 4 is 11.9 Å². The van der Waals surface area contributed by atoms with Crippen LogP contribution in [0.15, 0.2) is 30.5 Å². The van der Waals surface area contributed by atoms with Gasteiger partial charge in [-0.1, -0.05) is 6.07 Å². The Hall–Kier alpha value is -2.70. The summed E-state index contributed by atoms with van der Waals surface area (Å²) in [5.74, 6) is -2.78. The number of aromatic nitrogens is 2. The number of halogens is 1. The van der Waals surface area contributed by atoms with Gasteiger partial charge in [0, 0.05) is 13.1 Å². The van der Waals surface area contributed by atoms with Crippen LogP contribution in [0.5, 0.6) is 5.75 Å². The van der Waals surface area contributed by atoms with E-state index < -0.39 is 17.8 Å². The summed E-state index contributed by atoms with van der Waals surface area (Å²) in [6.07, 6.45) is 1.05. The standard InChI is InChI=1S/C12H9FN2O4/c1-15-10(9(6-14-15)11(16)17)12(18)19-8-4-2-3-7(13)5-8/h2-6H,1H3,(H,16,17). The Bertz CT molecular complexity index is 651. The van der Waals surface area contributed by atoms with Gasteiger partial charge in [-0.3, -0.25) is 4.68 Å². The average Bonchev–Trinajstić information content (AvgIpc) is 2.71. The highest BCUT2D eigenvalue weighted by molar-refractivity contribution is 6.01. The predicted molar refractivity (Wildman–Crippen MR) is 61.5 cm³/mol. The van der Waals surface area contributed by atoms with E-state index in [1.165, 1.54) is 25.2 Å². The van der Waals surface area contributed by atoms with E-state index in [9.17, 15) is 14.0 Å². The van der Waals surface area contributed by atoms with E-state index in [-0.39, 0.29) is 17.0 Å². The summed E-state index contributed by atoms with van der Waals surface area (Å²) in [6, 6.07) is 4.98. The maximum atomic E-state index is 12.9. The Morgan fingerprint density at radius 3 is 2.79 bits per heavy atom. The second-order valence-electron chi connectivity index (χ2n) is 3.68. The van der Waals surface area contributed by atoms with Gasteiger partial charge in [0.05, 0.1) is 6.20 Å². The van der Waals surface area contributed by atoms with Crippen LogP contribution in [0.2, 0.25) is 0 Å². The molecular weight excluding hydrogens is 255 g/mol. The van der Waals surface area contributed by atoms with Crippen LogP contribution in [0.4, 0.5) is 4.39 Å². The molecule has 98 valence electrons. The molecule has 1 aromatic heterocycles. The Morgan fingerprint density at radius 2 is 2.16 bits per heavy atom. The van der Waals surface area contributed by atoms with Crippen LogP contribution in [0, 0.1) is 5.82 Å². The van der Waals surface area contributed by atoms with Gasteiger partial charge in [0.15, 0.2) is 5.69 Å². The fraction of sp³-hybridized carbons (Fsp3) is 0.0833. The molecule has 0 aliphatic carbocycles. The molecule has 1 N–H and O–H groups in total. The Morgan fingerprint density at radius 1 is 1.42 bits per heavy atom. The summed E-state index contributed by atoms with van der Waals surface area (Å²) in [4.78, 5) is 22.8. The molecule has 0 aliphatic heterocycles. The number of rotatable bonds is 3. The van der Waals surface area contributed by atoms with Crippen LogP contribution >= 0.6 is 0 Å². The van der Waals surface area contributed by atoms with Crippen molar-refractivity contribution in [3.8, 4) is 5.75 Å². The van der Waals surface area contributed by atoms with E-state index in [0.29, 0.717) is 0 Å². The number of hydrogen-bond acceptors (Lipinski definition) is 4. The predicted octanol–water partition coefficient (Wildman–Crippen LogP) is 1.48. The van der Waals surface area contributed by atoms with Gasteiger partial charge >= 0.3 is 11.9 Å². The smallest absolute Gasteiger partial charge is 0.362 e. The first-order chi connectivity index (χ1) is 8.99. The summed E-state index contributed by atoms with van der Waals surface area (Å²) in [5.41, 5.74) is -0.485. The molecule has 6 nitrogen and oxygen atoms in total. The number of carboxylic acid groups (broad SMARTS) is 1. The molecular formula is C12H9FN2O4. The van der Waals surface area contributed by atoms with E-state index in [1.54, 1.807) is 0 Å². The normalized spacial score (nSPS) is 10.2. The van der Waals surface area contributed by atoms with Crippen molar-refractivity contribution in [2.24, 2.45) is 7.05 Å².